The molecule has 0 saturated carbocycles. The maximum atomic E-state index is 9.57. The van der Waals surface area contributed by atoms with Gasteiger partial charge >= 0.3 is 0 Å². The third kappa shape index (κ3) is 2.89. The summed E-state index contributed by atoms with van der Waals surface area (Å²) in [5, 5.41) is 18.4. The van der Waals surface area contributed by atoms with Crippen LogP contribution in [-0.4, -0.2) is 10.2 Å². The first-order valence-electron chi connectivity index (χ1n) is 5.50. The first-order chi connectivity index (χ1) is 7.70. The smallest absolute Gasteiger partial charge is 0.157 e. The first kappa shape index (κ1) is 12.4. The highest BCUT2D eigenvalue weighted by atomic mass is 16.3. The number of hydrogen-bond acceptors (Lipinski definition) is 2. The third-order valence-electron chi connectivity index (χ3n) is 2.46. The minimum Gasteiger partial charge on any atom is -0.512 e. The Morgan fingerprint density at radius 3 is 2.75 bits per heavy atom. The predicted molar refractivity (Wildman–Crippen MR) is 68.4 cm³/mol. The number of allylic oxidation sites excluding steroid dienone is 1. The van der Waals surface area contributed by atoms with Crippen LogP contribution in [0.25, 0.3) is 11.8 Å². The van der Waals surface area contributed by atoms with Crippen molar-refractivity contribution in [1.82, 2.24) is 0 Å². The van der Waals surface area contributed by atoms with E-state index < -0.39 is 0 Å². The summed E-state index contributed by atoms with van der Waals surface area (Å²) in [6, 6.07) is 5.64. The second-order valence-electron chi connectivity index (χ2n) is 3.74. The fraction of sp³-hybridized carbons (Fsp3) is 0.286. The molecular weight excluding hydrogens is 200 g/mol. The molecule has 0 spiro atoms. The van der Waals surface area contributed by atoms with Crippen molar-refractivity contribution in [1.29, 1.82) is 0 Å². The number of unbranched alkanes of at least 4 members (excludes halogenated alkanes) is 1. The van der Waals surface area contributed by atoms with Crippen LogP contribution >= 0.6 is 0 Å². The van der Waals surface area contributed by atoms with Crippen LogP contribution in [0.4, 0.5) is 0 Å². The molecule has 0 aliphatic carbocycles. The molecule has 0 atom stereocenters. The van der Waals surface area contributed by atoms with E-state index in [4.69, 9.17) is 5.11 Å². The minimum atomic E-state index is -0.0974. The first-order valence-corrected chi connectivity index (χ1v) is 5.50. The van der Waals surface area contributed by atoms with Gasteiger partial charge in [-0.05, 0) is 24.5 Å². The Bertz CT molecular complexity index is 403. The Morgan fingerprint density at radius 1 is 1.38 bits per heavy atom. The van der Waals surface area contributed by atoms with Gasteiger partial charge in [-0.25, -0.2) is 0 Å². The fourth-order valence-corrected chi connectivity index (χ4v) is 1.56. The van der Waals surface area contributed by atoms with Crippen LogP contribution < -0.4 is 0 Å². The summed E-state index contributed by atoms with van der Waals surface area (Å²) < 4.78 is 0. The number of rotatable bonds is 4. The lowest BCUT2D eigenvalue weighted by Gasteiger charge is -2.07. The van der Waals surface area contributed by atoms with Crippen LogP contribution in [-0.2, 0) is 0 Å². The van der Waals surface area contributed by atoms with Crippen molar-refractivity contribution in [3.05, 3.63) is 47.2 Å². The summed E-state index contributed by atoms with van der Waals surface area (Å²) >= 11 is 0. The highest BCUT2D eigenvalue weighted by Gasteiger charge is 2.06. The monoisotopic (exact) mass is 218 g/mol. The molecule has 0 saturated heterocycles. The topological polar surface area (TPSA) is 40.5 Å². The molecule has 86 valence electrons. The Hall–Kier alpha value is -1.70. The van der Waals surface area contributed by atoms with Crippen molar-refractivity contribution >= 4 is 11.8 Å². The van der Waals surface area contributed by atoms with E-state index in [9.17, 15) is 5.11 Å². The highest BCUT2D eigenvalue weighted by Crippen LogP contribution is 2.22. The standard InChI is InChI=1S/C14H18O2/c1-3-4-5-8-12-11(2)7-6-9-13(12)14(16)10-15/h5-10,15-16H,3-4H2,1-2H3/b8-5-,14-10?. The normalized spacial score (nSPS) is 12.2. The zero-order chi connectivity index (χ0) is 12.0. The molecule has 16 heavy (non-hydrogen) atoms. The van der Waals surface area contributed by atoms with Crippen molar-refractivity contribution < 1.29 is 10.2 Å². The summed E-state index contributed by atoms with van der Waals surface area (Å²) in [7, 11) is 0. The maximum Gasteiger partial charge on any atom is 0.157 e. The quantitative estimate of drug-likeness (QED) is 0.743. The van der Waals surface area contributed by atoms with Gasteiger partial charge in [0, 0.05) is 5.56 Å². The lowest BCUT2D eigenvalue weighted by atomic mass is 10.00. The maximum absolute atomic E-state index is 9.57. The molecule has 1 aromatic rings. The number of aliphatic hydroxyl groups excluding tert-OH is 2. The molecule has 0 amide bonds. The van der Waals surface area contributed by atoms with Gasteiger partial charge < -0.3 is 10.2 Å². The zero-order valence-electron chi connectivity index (χ0n) is 9.77. The molecule has 1 aromatic carbocycles. The number of hydrogen-bond donors (Lipinski definition) is 2. The Kier molecular flexibility index (Phi) is 4.65. The number of aliphatic hydroxyl groups is 2. The second-order valence-corrected chi connectivity index (χ2v) is 3.74. The van der Waals surface area contributed by atoms with Crippen LogP contribution in [0.3, 0.4) is 0 Å². The molecule has 0 fully saturated rings. The summed E-state index contributed by atoms with van der Waals surface area (Å²) in [5.74, 6) is -0.0974. The lowest BCUT2D eigenvalue weighted by Crippen LogP contribution is -1.91. The van der Waals surface area contributed by atoms with Crippen molar-refractivity contribution in [2.75, 3.05) is 0 Å². The fourth-order valence-electron chi connectivity index (χ4n) is 1.56. The van der Waals surface area contributed by atoms with Gasteiger partial charge in [0.25, 0.3) is 0 Å². The van der Waals surface area contributed by atoms with Gasteiger partial charge in [0.1, 0.15) is 6.26 Å². The summed E-state index contributed by atoms with van der Waals surface area (Å²) in [6.45, 7) is 4.11. The Morgan fingerprint density at radius 2 is 2.12 bits per heavy atom. The van der Waals surface area contributed by atoms with Crippen molar-refractivity contribution in [2.45, 2.75) is 26.7 Å². The van der Waals surface area contributed by atoms with Crippen LogP contribution in [0, 0.1) is 6.92 Å². The molecular formula is C14H18O2. The van der Waals surface area contributed by atoms with Gasteiger partial charge in [-0.3, -0.25) is 0 Å². The molecule has 2 heteroatoms. The van der Waals surface area contributed by atoms with Crippen molar-refractivity contribution in [3.63, 3.8) is 0 Å². The van der Waals surface area contributed by atoms with Gasteiger partial charge in [-0.15, -0.1) is 0 Å². The van der Waals surface area contributed by atoms with E-state index in [1.54, 1.807) is 6.07 Å². The molecule has 0 radical (unpaired) electrons. The van der Waals surface area contributed by atoms with Gasteiger partial charge in [0.15, 0.2) is 5.76 Å². The van der Waals surface area contributed by atoms with E-state index in [1.807, 2.05) is 25.1 Å². The molecule has 0 bridgehead atoms. The van der Waals surface area contributed by atoms with E-state index >= 15 is 0 Å². The van der Waals surface area contributed by atoms with Gasteiger partial charge in [0.2, 0.25) is 0 Å². The van der Waals surface area contributed by atoms with E-state index in [0.717, 1.165) is 30.2 Å². The van der Waals surface area contributed by atoms with Crippen molar-refractivity contribution in [3.8, 4) is 0 Å². The summed E-state index contributed by atoms with van der Waals surface area (Å²) in [4.78, 5) is 0. The van der Waals surface area contributed by atoms with Crippen molar-refractivity contribution in [2.24, 2.45) is 0 Å². The van der Waals surface area contributed by atoms with Gasteiger partial charge in [-0.2, -0.15) is 0 Å². The molecule has 0 unspecified atom stereocenters. The van der Waals surface area contributed by atoms with Crippen LogP contribution in [0.1, 0.15) is 36.5 Å². The molecule has 0 heterocycles. The second kappa shape index (κ2) is 6.01. The predicted octanol–water partition coefficient (Wildman–Crippen LogP) is 4.22. The molecule has 0 aromatic heterocycles. The molecule has 2 N–H and O–H groups in total. The van der Waals surface area contributed by atoms with E-state index in [-0.39, 0.29) is 5.76 Å². The average molecular weight is 218 g/mol. The van der Waals surface area contributed by atoms with Gasteiger partial charge in [0.05, 0.1) is 0 Å². The number of aryl methyl sites for hydroxylation is 1. The average Bonchev–Trinajstić information content (AvgIpc) is 2.30. The minimum absolute atomic E-state index is 0.0974. The van der Waals surface area contributed by atoms with Crippen LogP contribution in [0.2, 0.25) is 0 Å². The van der Waals surface area contributed by atoms with E-state index in [1.165, 1.54) is 0 Å². The Labute approximate surface area is 96.6 Å². The summed E-state index contributed by atoms with van der Waals surface area (Å²) in [5.41, 5.74) is 2.70. The summed E-state index contributed by atoms with van der Waals surface area (Å²) in [6.07, 6.45) is 6.91. The molecule has 2 nitrogen and oxygen atoms in total. The largest absolute Gasteiger partial charge is 0.512 e. The zero-order valence-corrected chi connectivity index (χ0v) is 9.77. The van der Waals surface area contributed by atoms with Crippen LogP contribution in [0.15, 0.2) is 30.5 Å². The molecule has 0 aliphatic heterocycles. The third-order valence-corrected chi connectivity index (χ3v) is 2.46. The van der Waals surface area contributed by atoms with Gasteiger partial charge in [-0.1, -0.05) is 43.7 Å². The molecule has 0 aliphatic rings. The van der Waals surface area contributed by atoms with E-state index in [2.05, 4.69) is 13.0 Å². The Balaban J connectivity index is 3.14. The lowest BCUT2D eigenvalue weighted by molar-refractivity contribution is 0.431. The van der Waals surface area contributed by atoms with E-state index in [0.29, 0.717) is 5.56 Å². The SMILES string of the molecule is CCC/C=C\c1c(C)cccc1C(O)=CO. The highest BCUT2D eigenvalue weighted by molar-refractivity contribution is 5.71. The molecule has 1 rings (SSSR count). The number of benzene rings is 1. The van der Waals surface area contributed by atoms with Crippen LogP contribution in [0.5, 0.6) is 0 Å².